The van der Waals surface area contributed by atoms with Gasteiger partial charge in [0.15, 0.2) is 0 Å². The molecule has 1 aliphatic rings. The van der Waals surface area contributed by atoms with E-state index in [9.17, 15) is 26.4 Å². The zero-order chi connectivity index (χ0) is 31.9. The standard InChI is InChI=1S/C27H33N3O5S.C2HF3O2/c1-19-12-24(34-4)13-20(2)26(19)36(32,33)29(3)17-25-14-23(18-35-25)27(31)28-15-21-6-8-22(9-7-21)16-30-10-5-11-30;3-2(4,5)1(6)7/h6-9,12-14,18H,5,10-11,15-17H2,1-4H3,(H,28,31);(H,6,7). The van der Waals surface area contributed by atoms with Crippen LogP contribution in [0.3, 0.4) is 0 Å². The number of ether oxygens (including phenoxy) is 1. The molecule has 0 atom stereocenters. The number of sulfonamides is 1. The molecule has 1 amide bonds. The van der Waals surface area contributed by atoms with Crippen LogP contribution in [0.5, 0.6) is 5.75 Å². The lowest BCUT2D eigenvalue weighted by Gasteiger charge is -2.30. The van der Waals surface area contributed by atoms with Crippen LogP contribution < -0.4 is 10.1 Å². The monoisotopic (exact) mass is 625 g/mol. The third-order valence-electron chi connectivity index (χ3n) is 6.71. The normalized spacial score (nSPS) is 13.6. The van der Waals surface area contributed by atoms with Crippen molar-refractivity contribution in [2.45, 2.75) is 51.0 Å². The lowest BCUT2D eigenvalue weighted by atomic mass is 10.1. The van der Waals surface area contributed by atoms with Gasteiger partial charge in [-0.2, -0.15) is 17.5 Å². The predicted molar refractivity (Wildman–Crippen MR) is 151 cm³/mol. The van der Waals surface area contributed by atoms with E-state index in [1.807, 2.05) is 12.1 Å². The molecule has 0 saturated carbocycles. The van der Waals surface area contributed by atoms with E-state index in [2.05, 4.69) is 22.3 Å². The molecule has 2 N–H and O–H groups in total. The second-order valence-corrected chi connectivity index (χ2v) is 12.1. The number of alkyl halides is 3. The van der Waals surface area contributed by atoms with E-state index in [0.29, 0.717) is 34.7 Å². The molecule has 0 unspecified atom stereocenters. The summed E-state index contributed by atoms with van der Waals surface area (Å²) in [6.45, 7) is 7.16. The fourth-order valence-corrected chi connectivity index (χ4v) is 5.86. The van der Waals surface area contributed by atoms with Crippen molar-refractivity contribution in [3.8, 4) is 5.75 Å². The number of hydrogen-bond acceptors (Lipinski definition) is 7. The van der Waals surface area contributed by atoms with Gasteiger partial charge in [-0.3, -0.25) is 9.69 Å². The third kappa shape index (κ3) is 9.05. The van der Waals surface area contributed by atoms with Gasteiger partial charge in [-0.05, 0) is 73.8 Å². The number of likely N-dealkylation sites (tertiary alicyclic amines) is 1. The number of carbonyl (C=O) groups is 2. The summed E-state index contributed by atoms with van der Waals surface area (Å²) in [6.07, 6.45) is -2.46. The molecule has 1 fully saturated rings. The molecule has 10 nitrogen and oxygen atoms in total. The number of halogens is 3. The summed E-state index contributed by atoms with van der Waals surface area (Å²) < 4.78 is 70.2. The van der Waals surface area contributed by atoms with Crippen LogP contribution >= 0.6 is 0 Å². The predicted octanol–water partition coefficient (Wildman–Crippen LogP) is 4.49. The lowest BCUT2D eigenvalue weighted by Crippen LogP contribution is -2.36. The minimum atomic E-state index is -5.08. The van der Waals surface area contributed by atoms with E-state index in [1.165, 1.54) is 29.6 Å². The quantitative estimate of drug-likeness (QED) is 0.337. The van der Waals surface area contributed by atoms with Gasteiger partial charge >= 0.3 is 12.1 Å². The Bertz CT molecular complexity index is 1510. The molecule has 43 heavy (non-hydrogen) atoms. The Labute approximate surface area is 248 Å². The molecule has 234 valence electrons. The largest absolute Gasteiger partial charge is 0.497 e. The number of nitrogens with one attached hydrogen (secondary N) is 1. The number of furan rings is 1. The average molecular weight is 626 g/mol. The van der Waals surface area contributed by atoms with Crippen LogP contribution in [0, 0.1) is 13.8 Å². The number of methoxy groups -OCH3 is 1. The van der Waals surface area contributed by atoms with Gasteiger partial charge in [0, 0.05) is 20.1 Å². The number of hydrogen-bond donors (Lipinski definition) is 2. The Morgan fingerprint density at radius 3 is 2.12 bits per heavy atom. The first kappa shape index (κ1) is 33.6. The van der Waals surface area contributed by atoms with Crippen molar-refractivity contribution in [2.75, 3.05) is 27.2 Å². The van der Waals surface area contributed by atoms with E-state index < -0.39 is 22.2 Å². The van der Waals surface area contributed by atoms with Crippen LogP contribution in [0.15, 0.2) is 58.0 Å². The van der Waals surface area contributed by atoms with Gasteiger partial charge in [0.2, 0.25) is 10.0 Å². The highest BCUT2D eigenvalue weighted by molar-refractivity contribution is 7.89. The van der Waals surface area contributed by atoms with Crippen LogP contribution in [0.1, 0.15) is 44.8 Å². The maximum Gasteiger partial charge on any atom is 0.490 e. The van der Waals surface area contributed by atoms with Crippen LogP contribution in [0.2, 0.25) is 0 Å². The number of carboxylic acid groups (broad SMARTS) is 1. The molecule has 0 aliphatic carbocycles. The fourth-order valence-electron chi connectivity index (χ4n) is 4.32. The Balaban J connectivity index is 0.000000646. The SMILES string of the molecule is COc1cc(C)c(S(=O)(=O)N(C)Cc2cc(C(=O)NCc3ccc(CN4CCC4)cc3)co2)c(C)c1.O=C(O)C(F)(F)F. The minimum absolute atomic E-state index is 0.000990. The van der Waals surface area contributed by atoms with Gasteiger partial charge < -0.3 is 19.6 Å². The van der Waals surface area contributed by atoms with Crippen molar-refractivity contribution in [2.24, 2.45) is 0 Å². The Morgan fingerprint density at radius 2 is 1.63 bits per heavy atom. The second-order valence-electron chi connectivity index (χ2n) is 10.1. The molecule has 2 aromatic carbocycles. The van der Waals surface area contributed by atoms with Gasteiger partial charge in [0.1, 0.15) is 17.8 Å². The molecule has 3 aromatic rings. The lowest BCUT2D eigenvalue weighted by molar-refractivity contribution is -0.192. The molecular weight excluding hydrogens is 591 g/mol. The molecule has 2 heterocycles. The molecule has 1 aliphatic heterocycles. The summed E-state index contributed by atoms with van der Waals surface area (Å²) in [5.41, 5.74) is 3.83. The topological polar surface area (TPSA) is 129 Å². The summed E-state index contributed by atoms with van der Waals surface area (Å²) in [4.78, 5) is 24.2. The van der Waals surface area contributed by atoms with Gasteiger partial charge in [0.05, 0.1) is 24.1 Å². The van der Waals surface area contributed by atoms with E-state index >= 15 is 0 Å². The van der Waals surface area contributed by atoms with E-state index in [4.69, 9.17) is 19.1 Å². The number of aliphatic carboxylic acids is 1. The number of aryl methyl sites for hydroxylation is 2. The molecule has 0 radical (unpaired) electrons. The Hall–Kier alpha value is -3.88. The summed E-state index contributed by atoms with van der Waals surface area (Å²) in [5, 5.41) is 10.0. The fraction of sp³-hybridized carbons (Fsp3) is 0.379. The Morgan fingerprint density at radius 1 is 1.07 bits per heavy atom. The van der Waals surface area contributed by atoms with Crippen molar-refractivity contribution in [1.82, 2.24) is 14.5 Å². The summed E-state index contributed by atoms with van der Waals surface area (Å²) >= 11 is 0. The third-order valence-corrected chi connectivity index (χ3v) is 8.82. The van der Waals surface area contributed by atoms with Crippen LogP contribution in [0.25, 0.3) is 0 Å². The van der Waals surface area contributed by atoms with Crippen LogP contribution in [0.4, 0.5) is 13.2 Å². The smallest absolute Gasteiger partial charge is 0.490 e. The van der Waals surface area contributed by atoms with Gasteiger partial charge in [-0.1, -0.05) is 24.3 Å². The van der Waals surface area contributed by atoms with E-state index in [1.54, 1.807) is 39.2 Å². The highest BCUT2D eigenvalue weighted by Crippen LogP contribution is 2.28. The first-order valence-corrected chi connectivity index (χ1v) is 14.6. The number of carbonyl (C=O) groups excluding carboxylic acids is 1. The number of rotatable bonds is 10. The second kappa shape index (κ2) is 14.1. The molecule has 0 spiro atoms. The van der Waals surface area contributed by atoms with Crippen molar-refractivity contribution >= 4 is 21.9 Å². The van der Waals surface area contributed by atoms with Crippen LogP contribution in [-0.4, -0.2) is 68.0 Å². The maximum absolute atomic E-state index is 13.2. The molecule has 1 saturated heterocycles. The Kier molecular flexibility index (Phi) is 11.0. The number of amides is 1. The van der Waals surface area contributed by atoms with Crippen molar-refractivity contribution in [3.05, 3.63) is 82.3 Å². The molecular formula is C29H34F3N3O7S. The zero-order valence-corrected chi connectivity index (χ0v) is 25.0. The van der Waals surface area contributed by atoms with Gasteiger partial charge in [-0.25, -0.2) is 13.2 Å². The molecule has 0 bridgehead atoms. The average Bonchev–Trinajstić information content (AvgIpc) is 3.37. The number of benzene rings is 2. The molecule has 14 heteroatoms. The zero-order valence-electron chi connectivity index (χ0n) is 24.2. The van der Waals surface area contributed by atoms with Gasteiger partial charge in [0.25, 0.3) is 5.91 Å². The van der Waals surface area contributed by atoms with Crippen molar-refractivity contribution in [1.29, 1.82) is 0 Å². The van der Waals surface area contributed by atoms with Crippen molar-refractivity contribution in [3.63, 3.8) is 0 Å². The van der Waals surface area contributed by atoms with Crippen LogP contribution in [-0.2, 0) is 34.5 Å². The maximum atomic E-state index is 13.2. The summed E-state index contributed by atoms with van der Waals surface area (Å²) in [5.74, 6) is -2.05. The molecule has 1 aromatic heterocycles. The number of carboxylic acids is 1. The number of nitrogens with zero attached hydrogens (tertiary/aromatic N) is 2. The van der Waals surface area contributed by atoms with Gasteiger partial charge in [-0.15, -0.1) is 0 Å². The highest BCUT2D eigenvalue weighted by Gasteiger charge is 2.38. The first-order chi connectivity index (χ1) is 20.1. The first-order valence-electron chi connectivity index (χ1n) is 13.2. The summed E-state index contributed by atoms with van der Waals surface area (Å²) in [7, 11) is -0.738. The van der Waals surface area contributed by atoms with E-state index in [-0.39, 0.29) is 17.3 Å². The molecule has 4 rings (SSSR count). The highest BCUT2D eigenvalue weighted by atomic mass is 32.2. The van der Waals surface area contributed by atoms with Crippen molar-refractivity contribution < 1.29 is 45.4 Å². The van der Waals surface area contributed by atoms with E-state index in [0.717, 1.165) is 25.2 Å². The minimum Gasteiger partial charge on any atom is -0.497 e. The summed E-state index contributed by atoms with van der Waals surface area (Å²) in [6, 6.07) is 13.2.